The summed E-state index contributed by atoms with van der Waals surface area (Å²) in [6, 6.07) is 3.59. The van der Waals surface area contributed by atoms with Crippen molar-refractivity contribution in [1.29, 1.82) is 0 Å². The van der Waals surface area contributed by atoms with Crippen LogP contribution in [0.25, 0.3) is 0 Å². The molecule has 1 aromatic rings. The minimum absolute atomic E-state index is 0.224. The van der Waals surface area contributed by atoms with Crippen LogP contribution in [0.1, 0.15) is 23.7 Å². The van der Waals surface area contributed by atoms with Gasteiger partial charge in [0.15, 0.2) is 0 Å². The van der Waals surface area contributed by atoms with Gasteiger partial charge in [0.2, 0.25) is 0 Å². The number of carbonyl (C=O) groups excluding carboxylic acids is 1. The van der Waals surface area contributed by atoms with Gasteiger partial charge in [-0.2, -0.15) is 0 Å². The van der Waals surface area contributed by atoms with Crippen molar-refractivity contribution in [2.75, 3.05) is 11.9 Å². The normalized spacial score (nSPS) is 13.0. The van der Waals surface area contributed by atoms with Crippen molar-refractivity contribution in [3.63, 3.8) is 0 Å². The number of benzene rings is 1. The van der Waals surface area contributed by atoms with Crippen LogP contribution in [0.5, 0.6) is 0 Å². The zero-order chi connectivity index (χ0) is 16.7. The van der Waals surface area contributed by atoms with Crippen molar-refractivity contribution >= 4 is 23.6 Å². The highest BCUT2D eigenvalue weighted by Gasteiger charge is 2.24. The molecule has 120 valence electrons. The Morgan fingerprint density at radius 3 is 2.50 bits per heavy atom. The molecule has 0 spiro atoms. The van der Waals surface area contributed by atoms with E-state index >= 15 is 0 Å². The number of nitrogens with one attached hydrogen (secondary N) is 1. The molecule has 0 aromatic heterocycles. The summed E-state index contributed by atoms with van der Waals surface area (Å²) in [5.74, 6) is -3.05. The number of ether oxygens (including phenoxy) is 1. The zero-order valence-electron chi connectivity index (χ0n) is 12.0. The number of hydrogen-bond acceptors (Lipinski definition) is 6. The van der Waals surface area contributed by atoms with Gasteiger partial charge < -0.3 is 26.0 Å². The van der Waals surface area contributed by atoms with Gasteiger partial charge in [0.05, 0.1) is 12.2 Å². The Morgan fingerprint density at radius 2 is 1.95 bits per heavy atom. The summed E-state index contributed by atoms with van der Waals surface area (Å²) in [6.45, 7) is 1.90. The SMILES string of the molecule is CCOC(=O)c1cccc(NC(C[C@H](N)C(=O)O)C(=O)O)c1. The van der Waals surface area contributed by atoms with E-state index in [1.165, 1.54) is 12.1 Å². The monoisotopic (exact) mass is 310 g/mol. The number of aliphatic carboxylic acids is 2. The number of carbonyl (C=O) groups is 3. The van der Waals surface area contributed by atoms with E-state index in [2.05, 4.69) is 5.32 Å². The molecular formula is C14H18N2O6. The van der Waals surface area contributed by atoms with Gasteiger partial charge >= 0.3 is 17.9 Å². The highest BCUT2D eigenvalue weighted by atomic mass is 16.5. The number of esters is 1. The quantitative estimate of drug-likeness (QED) is 0.510. The van der Waals surface area contributed by atoms with Gasteiger partial charge in [-0.1, -0.05) is 6.07 Å². The molecule has 0 fully saturated rings. The van der Waals surface area contributed by atoms with E-state index in [4.69, 9.17) is 20.7 Å². The number of rotatable bonds is 8. The number of nitrogens with two attached hydrogens (primary N) is 1. The fraction of sp³-hybridized carbons (Fsp3) is 0.357. The lowest BCUT2D eigenvalue weighted by atomic mass is 10.1. The van der Waals surface area contributed by atoms with Crippen LogP contribution in [0, 0.1) is 0 Å². The Kier molecular flexibility index (Phi) is 6.33. The maximum Gasteiger partial charge on any atom is 0.338 e. The molecule has 0 aliphatic rings. The molecule has 8 heteroatoms. The van der Waals surface area contributed by atoms with Crippen LogP contribution in [0.4, 0.5) is 5.69 Å². The Bertz CT molecular complexity index is 560. The first-order valence-electron chi connectivity index (χ1n) is 6.60. The molecule has 0 aliphatic carbocycles. The van der Waals surface area contributed by atoms with E-state index in [0.29, 0.717) is 5.69 Å². The Balaban J connectivity index is 2.85. The molecule has 0 bridgehead atoms. The van der Waals surface area contributed by atoms with E-state index in [-0.39, 0.29) is 18.6 Å². The highest BCUT2D eigenvalue weighted by Crippen LogP contribution is 2.14. The molecule has 0 radical (unpaired) electrons. The topological polar surface area (TPSA) is 139 Å². The second-order valence-electron chi connectivity index (χ2n) is 4.52. The van der Waals surface area contributed by atoms with Crippen LogP contribution in [-0.4, -0.2) is 46.8 Å². The summed E-state index contributed by atoms with van der Waals surface area (Å²) in [5, 5.41) is 20.5. The van der Waals surface area contributed by atoms with Gasteiger partial charge in [0.1, 0.15) is 12.1 Å². The zero-order valence-corrected chi connectivity index (χ0v) is 12.0. The largest absolute Gasteiger partial charge is 0.480 e. The average molecular weight is 310 g/mol. The summed E-state index contributed by atoms with van der Waals surface area (Å²) in [7, 11) is 0. The third-order valence-electron chi connectivity index (χ3n) is 2.82. The van der Waals surface area contributed by atoms with E-state index < -0.39 is 30.0 Å². The number of hydrogen-bond donors (Lipinski definition) is 4. The summed E-state index contributed by atoms with van der Waals surface area (Å²) >= 11 is 0. The lowest BCUT2D eigenvalue weighted by Gasteiger charge is -2.18. The molecule has 8 nitrogen and oxygen atoms in total. The molecule has 1 aromatic carbocycles. The van der Waals surface area contributed by atoms with E-state index in [1.54, 1.807) is 19.1 Å². The van der Waals surface area contributed by atoms with Crippen LogP contribution in [-0.2, 0) is 14.3 Å². The van der Waals surface area contributed by atoms with Crippen LogP contribution >= 0.6 is 0 Å². The Hall–Kier alpha value is -2.61. The first-order chi connectivity index (χ1) is 10.3. The Morgan fingerprint density at radius 1 is 1.27 bits per heavy atom. The summed E-state index contributed by atoms with van der Waals surface area (Å²) in [4.78, 5) is 33.5. The van der Waals surface area contributed by atoms with Gasteiger partial charge in [-0.05, 0) is 25.1 Å². The molecule has 1 rings (SSSR count). The van der Waals surface area contributed by atoms with Crippen molar-refractivity contribution in [3.05, 3.63) is 29.8 Å². The minimum Gasteiger partial charge on any atom is -0.480 e. The van der Waals surface area contributed by atoms with Crippen LogP contribution in [0.3, 0.4) is 0 Å². The lowest BCUT2D eigenvalue weighted by Crippen LogP contribution is -2.40. The first kappa shape index (κ1) is 17.4. The van der Waals surface area contributed by atoms with Crippen LogP contribution in [0.15, 0.2) is 24.3 Å². The fourth-order valence-electron chi connectivity index (χ4n) is 1.73. The van der Waals surface area contributed by atoms with Gasteiger partial charge in [-0.15, -0.1) is 0 Å². The van der Waals surface area contributed by atoms with E-state index in [1.807, 2.05) is 0 Å². The predicted octanol–water partition coefficient (Wildman–Crippen LogP) is 0.530. The second kappa shape index (κ2) is 7.99. The second-order valence-corrected chi connectivity index (χ2v) is 4.52. The van der Waals surface area contributed by atoms with E-state index in [0.717, 1.165) is 0 Å². The van der Waals surface area contributed by atoms with Crippen molar-refractivity contribution in [3.8, 4) is 0 Å². The Labute approximate surface area is 126 Å². The molecular weight excluding hydrogens is 292 g/mol. The molecule has 0 aliphatic heterocycles. The van der Waals surface area contributed by atoms with E-state index in [9.17, 15) is 14.4 Å². The van der Waals surface area contributed by atoms with Crippen molar-refractivity contribution in [1.82, 2.24) is 0 Å². The predicted molar refractivity (Wildman–Crippen MR) is 77.7 cm³/mol. The van der Waals surface area contributed by atoms with Crippen LogP contribution < -0.4 is 11.1 Å². The highest BCUT2D eigenvalue weighted by molar-refractivity contribution is 5.90. The smallest absolute Gasteiger partial charge is 0.338 e. The van der Waals surface area contributed by atoms with Gasteiger partial charge in [-0.3, -0.25) is 4.79 Å². The third-order valence-corrected chi connectivity index (χ3v) is 2.82. The van der Waals surface area contributed by atoms with Gasteiger partial charge in [0, 0.05) is 12.1 Å². The molecule has 1 unspecified atom stereocenters. The van der Waals surface area contributed by atoms with Crippen molar-refractivity contribution in [2.24, 2.45) is 5.73 Å². The number of carboxylic acids is 2. The summed E-state index contributed by atoms with van der Waals surface area (Å²) < 4.78 is 4.85. The van der Waals surface area contributed by atoms with Gasteiger partial charge in [-0.25, -0.2) is 9.59 Å². The molecule has 0 amide bonds. The van der Waals surface area contributed by atoms with Crippen LogP contribution in [0.2, 0.25) is 0 Å². The molecule has 0 saturated heterocycles. The standard InChI is InChI=1S/C14H18N2O6/c1-2-22-14(21)8-4-3-5-9(6-8)16-11(13(19)20)7-10(15)12(17)18/h3-6,10-11,16H,2,7,15H2,1H3,(H,17,18)(H,19,20)/t10-,11?/m0/s1. The van der Waals surface area contributed by atoms with Crippen molar-refractivity contribution < 1.29 is 29.3 Å². The lowest BCUT2D eigenvalue weighted by molar-refractivity contribution is -0.140. The summed E-state index contributed by atoms with van der Waals surface area (Å²) in [5.41, 5.74) is 5.97. The molecule has 2 atom stereocenters. The molecule has 5 N–H and O–H groups in total. The molecule has 22 heavy (non-hydrogen) atoms. The maximum absolute atomic E-state index is 11.6. The fourth-order valence-corrected chi connectivity index (χ4v) is 1.73. The summed E-state index contributed by atoms with van der Waals surface area (Å²) in [6.07, 6.45) is -0.297. The number of anilines is 1. The van der Waals surface area contributed by atoms with Gasteiger partial charge in [0.25, 0.3) is 0 Å². The average Bonchev–Trinajstić information content (AvgIpc) is 2.46. The minimum atomic E-state index is -1.30. The first-order valence-corrected chi connectivity index (χ1v) is 6.60. The maximum atomic E-state index is 11.6. The van der Waals surface area contributed by atoms with Crippen molar-refractivity contribution in [2.45, 2.75) is 25.4 Å². The molecule has 0 saturated carbocycles. The third kappa shape index (κ3) is 5.06. The molecule has 0 heterocycles. The number of carboxylic acid groups (broad SMARTS) is 2.